The van der Waals surface area contributed by atoms with Crippen molar-refractivity contribution >= 4 is 29.5 Å². The molecule has 0 aliphatic heterocycles. The number of carboxylic acid groups (broad SMARTS) is 1. The maximum atomic E-state index is 12.6. The van der Waals surface area contributed by atoms with Gasteiger partial charge >= 0.3 is 12.2 Å². The summed E-state index contributed by atoms with van der Waals surface area (Å²) < 4.78 is 15.6. The average Bonchev–Trinajstić information content (AvgIpc) is 3.19. The number of amides is 1. The Morgan fingerprint density at radius 2 is 1.57 bits per heavy atom. The second-order valence-electron chi connectivity index (χ2n) is 7.64. The molecule has 1 aromatic heterocycles. The lowest BCUT2D eigenvalue weighted by Crippen LogP contribution is -2.17. The third kappa shape index (κ3) is 5.62. The van der Waals surface area contributed by atoms with Gasteiger partial charge in [0.05, 0.1) is 0 Å². The van der Waals surface area contributed by atoms with Gasteiger partial charge in [-0.25, -0.2) is 9.59 Å². The summed E-state index contributed by atoms with van der Waals surface area (Å²) in [6.45, 7) is 3.45. The summed E-state index contributed by atoms with van der Waals surface area (Å²) in [4.78, 5) is 23.2. The van der Waals surface area contributed by atoms with Crippen molar-refractivity contribution in [2.24, 2.45) is 0 Å². The van der Waals surface area contributed by atoms with Gasteiger partial charge in [-0.15, -0.1) is 0 Å². The molecule has 0 fully saturated rings. The highest BCUT2D eigenvalue weighted by molar-refractivity contribution is 6.31. The first kappa shape index (κ1) is 23.8. The predicted molar refractivity (Wildman–Crippen MR) is 131 cm³/mol. The maximum Gasteiger partial charge on any atom is 0.511 e. The van der Waals surface area contributed by atoms with E-state index in [1.807, 2.05) is 30.3 Å². The molecular formula is C26H21ClN2O6. The van der Waals surface area contributed by atoms with E-state index in [2.05, 4.69) is 15.2 Å². The lowest BCUT2D eigenvalue weighted by atomic mass is 10.0. The van der Waals surface area contributed by atoms with Crippen LogP contribution in [0.15, 0.2) is 77.3 Å². The standard InChI is InChI=1S/C26H21ClN2O6/c1-15-23(28-25(30)33-16(2)21-5-3-4-6-22(21)27)24(35-29-15)19-9-7-17(8-10-19)18-11-13-20(14-12-18)34-26(31)32/h3-14,16H,1-2H3,(H,28,30)(H,31,32). The molecule has 8 nitrogen and oxygen atoms in total. The molecule has 1 heterocycles. The average molecular weight is 493 g/mol. The van der Waals surface area contributed by atoms with Crippen molar-refractivity contribution in [2.45, 2.75) is 20.0 Å². The topological polar surface area (TPSA) is 111 Å². The number of nitrogens with zero attached hydrogens (tertiary/aromatic N) is 1. The zero-order valence-corrected chi connectivity index (χ0v) is 19.6. The van der Waals surface area contributed by atoms with Crippen molar-refractivity contribution in [2.75, 3.05) is 5.32 Å². The first-order valence-corrected chi connectivity index (χ1v) is 11.0. The Labute approximate surface area is 206 Å². The normalized spacial score (nSPS) is 11.5. The molecule has 0 bridgehead atoms. The number of halogens is 1. The molecule has 0 saturated heterocycles. The molecule has 2 N–H and O–H groups in total. The van der Waals surface area contributed by atoms with Gasteiger partial charge in [0.2, 0.25) is 0 Å². The summed E-state index contributed by atoms with van der Waals surface area (Å²) in [6, 6.07) is 21.3. The third-order valence-corrected chi connectivity index (χ3v) is 5.60. The number of aromatic nitrogens is 1. The fraction of sp³-hybridized carbons (Fsp3) is 0.115. The van der Waals surface area contributed by atoms with Crippen LogP contribution in [0.2, 0.25) is 5.02 Å². The quantitative estimate of drug-likeness (QED) is 0.214. The Kier molecular flexibility index (Phi) is 7.03. The molecule has 35 heavy (non-hydrogen) atoms. The zero-order chi connectivity index (χ0) is 24.9. The Morgan fingerprint density at radius 3 is 2.20 bits per heavy atom. The molecule has 178 valence electrons. The van der Waals surface area contributed by atoms with Gasteiger partial charge in [-0.1, -0.05) is 71.4 Å². The van der Waals surface area contributed by atoms with Gasteiger partial charge < -0.3 is 19.1 Å². The number of hydrogen-bond acceptors (Lipinski definition) is 6. The van der Waals surface area contributed by atoms with Crippen LogP contribution in [0.5, 0.6) is 5.75 Å². The minimum Gasteiger partial charge on any atom is -0.449 e. The molecule has 0 spiro atoms. The van der Waals surface area contributed by atoms with Crippen LogP contribution in [0.25, 0.3) is 22.5 Å². The highest BCUT2D eigenvalue weighted by atomic mass is 35.5. The van der Waals surface area contributed by atoms with E-state index in [4.69, 9.17) is 26.0 Å². The Morgan fingerprint density at radius 1 is 0.971 bits per heavy atom. The van der Waals surface area contributed by atoms with E-state index in [1.165, 1.54) is 0 Å². The van der Waals surface area contributed by atoms with Crippen LogP contribution in [0, 0.1) is 6.92 Å². The number of nitrogens with one attached hydrogen (secondary N) is 1. The summed E-state index contributed by atoms with van der Waals surface area (Å²) in [6.07, 6.45) is -2.58. The van der Waals surface area contributed by atoms with Gasteiger partial charge in [-0.2, -0.15) is 0 Å². The number of benzene rings is 3. The number of rotatable bonds is 6. The van der Waals surface area contributed by atoms with Crippen molar-refractivity contribution in [3.05, 3.63) is 89.1 Å². The lowest BCUT2D eigenvalue weighted by Gasteiger charge is -2.15. The van der Waals surface area contributed by atoms with Crippen LogP contribution in [0.3, 0.4) is 0 Å². The SMILES string of the molecule is Cc1noc(-c2ccc(-c3ccc(OC(=O)O)cc3)cc2)c1NC(=O)OC(C)c1ccccc1Cl. The van der Waals surface area contributed by atoms with Gasteiger partial charge in [-0.05, 0) is 43.2 Å². The number of carbonyl (C=O) groups excluding carboxylic acids is 1. The van der Waals surface area contributed by atoms with Crippen LogP contribution in [0.1, 0.15) is 24.3 Å². The highest BCUT2D eigenvalue weighted by Crippen LogP contribution is 2.33. The molecule has 0 saturated carbocycles. The number of hydrogen-bond donors (Lipinski definition) is 2. The fourth-order valence-corrected chi connectivity index (χ4v) is 3.79. The molecule has 1 unspecified atom stereocenters. The summed E-state index contributed by atoms with van der Waals surface area (Å²) in [5, 5.41) is 15.9. The molecule has 0 aliphatic rings. The van der Waals surface area contributed by atoms with Crippen molar-refractivity contribution < 1.29 is 28.7 Å². The smallest absolute Gasteiger partial charge is 0.449 e. The molecule has 4 rings (SSSR count). The molecular weight excluding hydrogens is 472 g/mol. The Bertz CT molecular complexity index is 1350. The van der Waals surface area contributed by atoms with Crippen molar-refractivity contribution in [3.8, 4) is 28.2 Å². The van der Waals surface area contributed by atoms with Crippen LogP contribution < -0.4 is 10.1 Å². The first-order valence-electron chi connectivity index (χ1n) is 10.6. The molecule has 1 amide bonds. The fourth-order valence-electron chi connectivity index (χ4n) is 3.50. The van der Waals surface area contributed by atoms with Crippen LogP contribution in [0.4, 0.5) is 15.3 Å². The first-order chi connectivity index (χ1) is 16.8. The maximum absolute atomic E-state index is 12.6. The van der Waals surface area contributed by atoms with Gasteiger partial charge in [-0.3, -0.25) is 5.32 Å². The van der Waals surface area contributed by atoms with Crippen LogP contribution >= 0.6 is 11.6 Å². The highest BCUT2D eigenvalue weighted by Gasteiger charge is 2.20. The summed E-state index contributed by atoms with van der Waals surface area (Å²) in [7, 11) is 0. The number of aryl methyl sites for hydroxylation is 1. The van der Waals surface area contributed by atoms with Crippen molar-refractivity contribution in [3.63, 3.8) is 0 Å². The molecule has 4 aromatic rings. The number of carbonyl (C=O) groups is 2. The van der Waals surface area contributed by atoms with E-state index in [-0.39, 0.29) is 5.75 Å². The molecule has 1 atom stereocenters. The minimum absolute atomic E-state index is 0.237. The van der Waals surface area contributed by atoms with Gasteiger partial charge in [0.25, 0.3) is 0 Å². The van der Waals surface area contributed by atoms with E-state index < -0.39 is 18.4 Å². The monoisotopic (exact) mass is 492 g/mol. The van der Waals surface area contributed by atoms with E-state index in [0.717, 1.165) is 11.1 Å². The Balaban J connectivity index is 1.48. The van der Waals surface area contributed by atoms with Crippen molar-refractivity contribution in [1.82, 2.24) is 5.16 Å². The largest absolute Gasteiger partial charge is 0.511 e. The van der Waals surface area contributed by atoms with Gasteiger partial charge in [0.15, 0.2) is 5.76 Å². The number of ether oxygens (including phenoxy) is 2. The number of anilines is 1. The molecule has 9 heteroatoms. The lowest BCUT2D eigenvalue weighted by molar-refractivity contribution is 0.121. The molecule has 0 radical (unpaired) electrons. The van der Waals surface area contributed by atoms with Crippen molar-refractivity contribution in [1.29, 1.82) is 0 Å². The van der Waals surface area contributed by atoms with Crippen LogP contribution in [-0.4, -0.2) is 22.5 Å². The Hall–Kier alpha value is -4.30. The molecule has 3 aromatic carbocycles. The zero-order valence-electron chi connectivity index (χ0n) is 18.8. The summed E-state index contributed by atoms with van der Waals surface area (Å²) in [5.74, 6) is 0.628. The summed E-state index contributed by atoms with van der Waals surface area (Å²) in [5.41, 5.74) is 4.08. The van der Waals surface area contributed by atoms with E-state index in [9.17, 15) is 9.59 Å². The molecule has 0 aliphatic carbocycles. The van der Waals surface area contributed by atoms with E-state index >= 15 is 0 Å². The van der Waals surface area contributed by atoms with Crippen LogP contribution in [-0.2, 0) is 4.74 Å². The van der Waals surface area contributed by atoms with E-state index in [1.54, 1.807) is 56.3 Å². The van der Waals surface area contributed by atoms with Gasteiger partial charge in [0.1, 0.15) is 23.2 Å². The predicted octanol–water partition coefficient (Wildman–Crippen LogP) is 7.34. The third-order valence-electron chi connectivity index (χ3n) is 5.26. The second kappa shape index (κ2) is 10.3. The van der Waals surface area contributed by atoms with E-state index in [0.29, 0.717) is 33.3 Å². The van der Waals surface area contributed by atoms with Gasteiger partial charge in [0, 0.05) is 16.1 Å². The summed E-state index contributed by atoms with van der Waals surface area (Å²) >= 11 is 6.19. The minimum atomic E-state index is -1.36. The second-order valence-corrected chi connectivity index (χ2v) is 8.04.